The van der Waals surface area contributed by atoms with Crippen LogP contribution < -0.4 is 5.32 Å². The van der Waals surface area contributed by atoms with Crippen molar-refractivity contribution in [1.29, 1.82) is 0 Å². The van der Waals surface area contributed by atoms with E-state index in [0.717, 1.165) is 32.1 Å². The quantitative estimate of drug-likeness (QED) is 0.0397. The molecular formula is C49H87NO4. The van der Waals surface area contributed by atoms with Gasteiger partial charge in [0.05, 0.1) is 17.7 Å². The number of nitrogens with one attached hydrogen (secondary N) is 1. The summed E-state index contributed by atoms with van der Waals surface area (Å²) in [6.07, 6.45) is 46.6. The van der Waals surface area contributed by atoms with Crippen molar-refractivity contribution < 1.29 is 19.4 Å². The number of aliphatic hydroxyl groups is 1. The summed E-state index contributed by atoms with van der Waals surface area (Å²) in [6.45, 7) is 4.49. The molecule has 2 unspecified atom stereocenters. The fraction of sp³-hybridized carbons (Fsp3) is 0.796. The second-order valence-corrected chi connectivity index (χ2v) is 16.2. The lowest BCUT2D eigenvalue weighted by Gasteiger charge is -2.22. The Hall–Kier alpha value is -2.14. The SMILES string of the molecule is CCCCCCCCCCCCC/C=C/C(O)C(COC(=O)c1ccccc1)NC(=O)CCCCCCCCCCCCCCCCCCCCCCC. The Labute approximate surface area is 334 Å². The summed E-state index contributed by atoms with van der Waals surface area (Å²) in [7, 11) is 0. The van der Waals surface area contributed by atoms with Gasteiger partial charge in [-0.05, 0) is 31.4 Å². The molecule has 312 valence electrons. The Morgan fingerprint density at radius 2 is 0.926 bits per heavy atom. The number of aliphatic hydroxyl groups excluding tert-OH is 1. The van der Waals surface area contributed by atoms with Crippen LogP contribution in [0.5, 0.6) is 0 Å². The van der Waals surface area contributed by atoms with Crippen molar-refractivity contribution in [3.05, 3.63) is 48.0 Å². The molecule has 0 saturated carbocycles. The molecule has 0 saturated heterocycles. The zero-order chi connectivity index (χ0) is 39.0. The van der Waals surface area contributed by atoms with E-state index in [1.165, 1.54) is 180 Å². The van der Waals surface area contributed by atoms with Gasteiger partial charge < -0.3 is 15.2 Å². The number of allylic oxidation sites excluding steroid dienone is 1. The van der Waals surface area contributed by atoms with Gasteiger partial charge in [-0.3, -0.25) is 4.79 Å². The molecule has 0 aliphatic rings. The number of carbonyl (C=O) groups excluding carboxylic acids is 2. The second kappa shape index (κ2) is 39.1. The number of benzene rings is 1. The van der Waals surface area contributed by atoms with Gasteiger partial charge >= 0.3 is 5.97 Å². The molecule has 2 atom stereocenters. The highest BCUT2D eigenvalue weighted by Gasteiger charge is 2.21. The number of amides is 1. The third kappa shape index (κ3) is 32.1. The molecule has 1 rings (SSSR count). The van der Waals surface area contributed by atoms with Gasteiger partial charge in [0.25, 0.3) is 0 Å². The van der Waals surface area contributed by atoms with E-state index in [1.807, 2.05) is 12.1 Å². The molecule has 0 fully saturated rings. The van der Waals surface area contributed by atoms with Gasteiger partial charge in [-0.25, -0.2) is 4.79 Å². The topological polar surface area (TPSA) is 75.6 Å². The van der Waals surface area contributed by atoms with Crippen molar-refractivity contribution in [3.8, 4) is 0 Å². The molecule has 0 aliphatic heterocycles. The van der Waals surface area contributed by atoms with E-state index in [0.29, 0.717) is 12.0 Å². The van der Waals surface area contributed by atoms with Crippen molar-refractivity contribution >= 4 is 11.9 Å². The smallest absolute Gasteiger partial charge is 0.338 e. The summed E-state index contributed by atoms with van der Waals surface area (Å²) in [5.41, 5.74) is 0.462. The second-order valence-electron chi connectivity index (χ2n) is 16.2. The Morgan fingerprint density at radius 3 is 1.33 bits per heavy atom. The molecule has 0 radical (unpaired) electrons. The van der Waals surface area contributed by atoms with Crippen LogP contribution in [-0.2, 0) is 9.53 Å². The number of hydrogen-bond donors (Lipinski definition) is 2. The summed E-state index contributed by atoms with van der Waals surface area (Å²) in [4.78, 5) is 25.5. The Bertz CT molecular complexity index is 979. The Kier molecular flexibility index (Phi) is 36.1. The first-order valence-corrected chi connectivity index (χ1v) is 23.4. The van der Waals surface area contributed by atoms with E-state index in [9.17, 15) is 14.7 Å². The third-order valence-electron chi connectivity index (χ3n) is 11.0. The van der Waals surface area contributed by atoms with Crippen LogP contribution in [0.4, 0.5) is 0 Å². The molecule has 0 spiro atoms. The maximum absolute atomic E-state index is 12.9. The van der Waals surface area contributed by atoms with Gasteiger partial charge in [-0.1, -0.05) is 237 Å². The van der Waals surface area contributed by atoms with Crippen molar-refractivity contribution in [2.75, 3.05) is 6.61 Å². The van der Waals surface area contributed by atoms with Crippen LogP contribution >= 0.6 is 0 Å². The number of ether oxygens (including phenoxy) is 1. The van der Waals surface area contributed by atoms with Crippen LogP contribution in [0.2, 0.25) is 0 Å². The zero-order valence-electron chi connectivity index (χ0n) is 35.6. The lowest BCUT2D eigenvalue weighted by atomic mass is 10.0. The van der Waals surface area contributed by atoms with Gasteiger partial charge in [0.1, 0.15) is 6.61 Å². The molecule has 1 aromatic carbocycles. The van der Waals surface area contributed by atoms with E-state index in [2.05, 4.69) is 19.2 Å². The standard InChI is InChI=1S/C49H87NO4/c1-3-5-7-9-11-13-15-17-18-19-20-21-22-23-24-26-28-30-32-34-39-43-48(52)50-46(44-54-49(53)45-40-36-35-37-41-45)47(51)42-38-33-31-29-27-25-16-14-12-10-8-6-4-2/h35-38,40-42,46-47,51H,3-34,39,43-44H2,1-2H3,(H,50,52)/b42-38+. The van der Waals surface area contributed by atoms with Crippen LogP contribution in [0, 0.1) is 0 Å². The van der Waals surface area contributed by atoms with Crippen molar-refractivity contribution in [2.24, 2.45) is 0 Å². The number of unbranched alkanes of at least 4 members (excludes halogenated alkanes) is 31. The summed E-state index contributed by atoms with van der Waals surface area (Å²) < 4.78 is 5.53. The van der Waals surface area contributed by atoms with Crippen molar-refractivity contribution in [2.45, 2.75) is 244 Å². The first-order chi connectivity index (χ1) is 26.6. The van der Waals surface area contributed by atoms with Gasteiger partial charge in [0.15, 0.2) is 0 Å². The summed E-state index contributed by atoms with van der Waals surface area (Å²) in [5.74, 6) is -0.539. The molecule has 0 aromatic heterocycles. The van der Waals surface area contributed by atoms with Crippen LogP contribution in [0.1, 0.15) is 243 Å². The highest BCUT2D eigenvalue weighted by Crippen LogP contribution is 2.16. The normalized spacial score (nSPS) is 12.6. The third-order valence-corrected chi connectivity index (χ3v) is 11.0. The maximum Gasteiger partial charge on any atom is 0.338 e. The molecular weight excluding hydrogens is 667 g/mol. The molecule has 0 aliphatic carbocycles. The molecule has 0 heterocycles. The predicted molar refractivity (Wildman–Crippen MR) is 232 cm³/mol. The fourth-order valence-electron chi connectivity index (χ4n) is 7.34. The average molecular weight is 754 g/mol. The number of hydrogen-bond acceptors (Lipinski definition) is 4. The lowest BCUT2D eigenvalue weighted by Crippen LogP contribution is -2.46. The molecule has 1 aromatic rings. The van der Waals surface area contributed by atoms with Gasteiger partial charge in [0, 0.05) is 6.42 Å². The molecule has 2 N–H and O–H groups in total. The van der Waals surface area contributed by atoms with E-state index >= 15 is 0 Å². The number of carbonyl (C=O) groups is 2. The minimum Gasteiger partial charge on any atom is -0.460 e. The van der Waals surface area contributed by atoms with E-state index in [-0.39, 0.29) is 12.5 Å². The summed E-state index contributed by atoms with van der Waals surface area (Å²) >= 11 is 0. The zero-order valence-corrected chi connectivity index (χ0v) is 35.6. The summed E-state index contributed by atoms with van der Waals surface area (Å²) in [6, 6.07) is 8.19. The largest absolute Gasteiger partial charge is 0.460 e. The molecule has 0 bridgehead atoms. The van der Waals surface area contributed by atoms with Crippen LogP contribution in [-0.4, -0.2) is 35.7 Å². The van der Waals surface area contributed by atoms with Gasteiger partial charge in [-0.15, -0.1) is 0 Å². The van der Waals surface area contributed by atoms with Crippen LogP contribution in [0.25, 0.3) is 0 Å². The monoisotopic (exact) mass is 754 g/mol. The predicted octanol–water partition coefficient (Wildman–Crippen LogP) is 14.5. The van der Waals surface area contributed by atoms with Gasteiger partial charge in [-0.2, -0.15) is 0 Å². The lowest BCUT2D eigenvalue weighted by molar-refractivity contribution is -0.123. The van der Waals surface area contributed by atoms with Crippen LogP contribution in [0.3, 0.4) is 0 Å². The molecule has 5 heteroatoms. The van der Waals surface area contributed by atoms with E-state index in [4.69, 9.17) is 4.74 Å². The summed E-state index contributed by atoms with van der Waals surface area (Å²) in [5, 5.41) is 13.9. The molecule has 5 nitrogen and oxygen atoms in total. The number of esters is 1. The number of rotatable bonds is 40. The first kappa shape index (κ1) is 49.9. The molecule has 54 heavy (non-hydrogen) atoms. The minimum atomic E-state index is -0.912. The highest BCUT2D eigenvalue weighted by atomic mass is 16.5. The fourth-order valence-corrected chi connectivity index (χ4v) is 7.34. The van der Waals surface area contributed by atoms with E-state index in [1.54, 1.807) is 30.3 Å². The van der Waals surface area contributed by atoms with E-state index < -0.39 is 18.1 Å². The Balaban J connectivity index is 2.17. The van der Waals surface area contributed by atoms with Gasteiger partial charge in [0.2, 0.25) is 5.91 Å². The maximum atomic E-state index is 12.9. The first-order valence-electron chi connectivity index (χ1n) is 23.4. The Morgan fingerprint density at radius 1 is 0.556 bits per heavy atom. The van der Waals surface area contributed by atoms with Crippen LogP contribution in [0.15, 0.2) is 42.5 Å². The highest BCUT2D eigenvalue weighted by molar-refractivity contribution is 5.89. The average Bonchev–Trinajstić information content (AvgIpc) is 3.18. The minimum absolute atomic E-state index is 0.0667. The van der Waals surface area contributed by atoms with Crippen molar-refractivity contribution in [3.63, 3.8) is 0 Å². The molecule has 1 amide bonds. The van der Waals surface area contributed by atoms with Crippen molar-refractivity contribution in [1.82, 2.24) is 5.32 Å².